The summed E-state index contributed by atoms with van der Waals surface area (Å²) in [6, 6.07) is 3.41. The molecule has 6 nitrogen and oxygen atoms in total. The first-order chi connectivity index (χ1) is 10.5. The number of carbonyl (C=O) groups excluding carboxylic acids is 1. The van der Waals surface area contributed by atoms with Crippen molar-refractivity contribution in [2.24, 2.45) is 0 Å². The van der Waals surface area contributed by atoms with Crippen molar-refractivity contribution in [3.63, 3.8) is 0 Å². The molecule has 0 aromatic carbocycles. The lowest BCUT2D eigenvalue weighted by atomic mass is 10.0. The number of hydrogen-bond acceptors (Lipinski definition) is 5. The van der Waals surface area contributed by atoms with Crippen LogP contribution >= 0.6 is 0 Å². The van der Waals surface area contributed by atoms with Crippen molar-refractivity contribution in [3.8, 4) is 0 Å². The highest BCUT2D eigenvalue weighted by atomic mass is 16.5. The fourth-order valence-corrected chi connectivity index (χ4v) is 2.31. The number of carbonyl (C=O) groups is 1. The SMILES string of the molecule is CCCC(C)c1cc(C)c(C(=O)NCc2ccon2)c(=O)o1. The molecule has 0 fully saturated rings. The molecule has 0 spiro atoms. The number of aryl methyl sites for hydroxylation is 1. The van der Waals surface area contributed by atoms with Crippen LogP contribution < -0.4 is 10.9 Å². The molecule has 2 aromatic heterocycles. The summed E-state index contributed by atoms with van der Waals surface area (Å²) < 4.78 is 9.99. The maximum Gasteiger partial charge on any atom is 0.349 e. The molecule has 2 rings (SSSR count). The van der Waals surface area contributed by atoms with Crippen molar-refractivity contribution in [2.75, 3.05) is 0 Å². The highest BCUT2D eigenvalue weighted by Crippen LogP contribution is 2.21. The zero-order valence-electron chi connectivity index (χ0n) is 13.0. The molecule has 118 valence electrons. The molecule has 22 heavy (non-hydrogen) atoms. The monoisotopic (exact) mass is 304 g/mol. The van der Waals surface area contributed by atoms with Gasteiger partial charge in [-0.15, -0.1) is 0 Å². The van der Waals surface area contributed by atoms with Gasteiger partial charge in [-0.2, -0.15) is 0 Å². The predicted molar refractivity (Wildman–Crippen MR) is 80.7 cm³/mol. The van der Waals surface area contributed by atoms with E-state index in [1.807, 2.05) is 6.92 Å². The quantitative estimate of drug-likeness (QED) is 0.887. The average Bonchev–Trinajstić information content (AvgIpc) is 2.97. The first kappa shape index (κ1) is 16.0. The van der Waals surface area contributed by atoms with Crippen LogP contribution in [0.15, 0.2) is 32.1 Å². The van der Waals surface area contributed by atoms with Crippen molar-refractivity contribution in [1.82, 2.24) is 10.5 Å². The van der Waals surface area contributed by atoms with Crippen LogP contribution in [0.4, 0.5) is 0 Å². The third kappa shape index (κ3) is 3.63. The lowest BCUT2D eigenvalue weighted by Crippen LogP contribution is -2.29. The topological polar surface area (TPSA) is 85.3 Å². The minimum absolute atomic E-state index is 0.0379. The van der Waals surface area contributed by atoms with Gasteiger partial charge in [-0.3, -0.25) is 4.79 Å². The second-order valence-corrected chi connectivity index (χ2v) is 5.36. The summed E-state index contributed by atoms with van der Waals surface area (Å²) in [5.41, 5.74) is 0.641. The zero-order valence-corrected chi connectivity index (χ0v) is 13.0. The molecule has 2 aromatic rings. The van der Waals surface area contributed by atoms with E-state index in [0.29, 0.717) is 17.0 Å². The molecule has 2 heterocycles. The zero-order chi connectivity index (χ0) is 16.1. The molecule has 0 aliphatic carbocycles. The molecule has 1 unspecified atom stereocenters. The van der Waals surface area contributed by atoms with Gasteiger partial charge in [0.15, 0.2) is 0 Å². The minimum Gasteiger partial charge on any atom is -0.427 e. The molecule has 1 atom stereocenters. The molecule has 0 aliphatic rings. The van der Waals surface area contributed by atoms with Crippen LogP contribution in [0.5, 0.6) is 0 Å². The Bertz CT molecular complexity index is 689. The van der Waals surface area contributed by atoms with E-state index in [-0.39, 0.29) is 18.0 Å². The van der Waals surface area contributed by atoms with Crippen LogP contribution in [0, 0.1) is 6.92 Å². The van der Waals surface area contributed by atoms with Crippen molar-refractivity contribution in [1.29, 1.82) is 0 Å². The minimum atomic E-state index is -0.601. The van der Waals surface area contributed by atoms with E-state index in [2.05, 4.69) is 21.9 Å². The Hall–Kier alpha value is -2.37. The maximum absolute atomic E-state index is 12.2. The van der Waals surface area contributed by atoms with Gasteiger partial charge >= 0.3 is 5.63 Å². The van der Waals surface area contributed by atoms with Crippen molar-refractivity contribution < 1.29 is 13.7 Å². The Morgan fingerprint density at radius 2 is 2.23 bits per heavy atom. The summed E-state index contributed by atoms with van der Waals surface area (Å²) in [6.07, 6.45) is 3.36. The van der Waals surface area contributed by atoms with Gasteiger partial charge in [-0.1, -0.05) is 25.4 Å². The average molecular weight is 304 g/mol. The summed E-state index contributed by atoms with van der Waals surface area (Å²) >= 11 is 0. The van der Waals surface area contributed by atoms with E-state index in [4.69, 9.17) is 4.42 Å². The molecular weight excluding hydrogens is 284 g/mol. The lowest BCUT2D eigenvalue weighted by Gasteiger charge is -2.11. The largest absolute Gasteiger partial charge is 0.427 e. The first-order valence-electron chi connectivity index (χ1n) is 7.35. The smallest absolute Gasteiger partial charge is 0.349 e. The number of amides is 1. The molecule has 1 amide bonds. The highest BCUT2D eigenvalue weighted by molar-refractivity contribution is 5.95. The lowest BCUT2D eigenvalue weighted by molar-refractivity contribution is 0.0945. The van der Waals surface area contributed by atoms with Gasteiger partial charge in [0.25, 0.3) is 5.91 Å². The van der Waals surface area contributed by atoms with Crippen LogP contribution in [0.25, 0.3) is 0 Å². The van der Waals surface area contributed by atoms with Gasteiger partial charge in [-0.05, 0) is 25.0 Å². The van der Waals surface area contributed by atoms with Gasteiger partial charge in [0.2, 0.25) is 0 Å². The van der Waals surface area contributed by atoms with Crippen LogP contribution in [0.1, 0.15) is 60.0 Å². The van der Waals surface area contributed by atoms with E-state index in [1.54, 1.807) is 19.1 Å². The Balaban J connectivity index is 2.17. The highest BCUT2D eigenvalue weighted by Gasteiger charge is 2.18. The first-order valence-corrected chi connectivity index (χ1v) is 7.35. The summed E-state index contributed by atoms with van der Waals surface area (Å²) in [7, 11) is 0. The second kappa shape index (κ2) is 7.06. The predicted octanol–water partition coefficient (Wildman–Crippen LogP) is 2.77. The second-order valence-electron chi connectivity index (χ2n) is 5.36. The Labute approximate surface area is 128 Å². The van der Waals surface area contributed by atoms with Crippen molar-refractivity contribution in [2.45, 2.75) is 46.1 Å². The van der Waals surface area contributed by atoms with Gasteiger partial charge in [0.1, 0.15) is 23.3 Å². The summed E-state index contributed by atoms with van der Waals surface area (Å²) in [5.74, 6) is 0.310. The molecule has 0 bridgehead atoms. The van der Waals surface area contributed by atoms with Crippen molar-refractivity contribution in [3.05, 3.63) is 51.4 Å². The number of nitrogens with one attached hydrogen (secondary N) is 1. The normalized spacial score (nSPS) is 12.1. The summed E-state index contributed by atoms with van der Waals surface area (Å²) in [6.45, 7) is 6.02. The Morgan fingerprint density at radius 1 is 1.45 bits per heavy atom. The third-order valence-electron chi connectivity index (χ3n) is 3.52. The number of nitrogens with zero attached hydrogens (tertiary/aromatic N) is 1. The fourth-order valence-electron chi connectivity index (χ4n) is 2.31. The van der Waals surface area contributed by atoms with E-state index >= 15 is 0 Å². The summed E-state index contributed by atoms with van der Waals surface area (Å²) in [4.78, 5) is 24.3. The molecule has 1 N–H and O–H groups in total. The Kier molecular flexibility index (Phi) is 5.14. The number of hydrogen-bond donors (Lipinski definition) is 1. The van der Waals surface area contributed by atoms with Gasteiger partial charge in [-0.25, -0.2) is 4.79 Å². The fraction of sp³-hybridized carbons (Fsp3) is 0.438. The standard InChI is InChI=1S/C16H20N2O4/c1-4-5-10(2)13-8-11(3)14(16(20)22-13)15(19)17-9-12-6-7-21-18-12/h6-8,10H,4-5,9H2,1-3H3,(H,17,19). The molecule has 6 heteroatoms. The van der Waals surface area contributed by atoms with Gasteiger partial charge in [0, 0.05) is 12.0 Å². The van der Waals surface area contributed by atoms with Gasteiger partial charge in [0.05, 0.1) is 6.54 Å². The molecule has 0 aliphatic heterocycles. The van der Waals surface area contributed by atoms with Crippen LogP contribution in [-0.4, -0.2) is 11.1 Å². The van der Waals surface area contributed by atoms with Gasteiger partial charge < -0.3 is 14.3 Å². The van der Waals surface area contributed by atoms with Crippen LogP contribution in [-0.2, 0) is 6.54 Å². The van der Waals surface area contributed by atoms with Crippen LogP contribution in [0.3, 0.4) is 0 Å². The summed E-state index contributed by atoms with van der Waals surface area (Å²) in [5, 5.41) is 6.33. The maximum atomic E-state index is 12.2. The van der Waals surface area contributed by atoms with E-state index < -0.39 is 11.5 Å². The van der Waals surface area contributed by atoms with E-state index in [1.165, 1.54) is 6.26 Å². The third-order valence-corrected chi connectivity index (χ3v) is 3.52. The molecular formula is C16H20N2O4. The molecule has 0 saturated carbocycles. The number of aromatic nitrogens is 1. The molecule has 0 saturated heterocycles. The number of rotatable bonds is 6. The van der Waals surface area contributed by atoms with E-state index in [9.17, 15) is 9.59 Å². The Morgan fingerprint density at radius 3 is 2.82 bits per heavy atom. The molecule has 0 radical (unpaired) electrons. The van der Waals surface area contributed by atoms with E-state index in [0.717, 1.165) is 12.8 Å². The van der Waals surface area contributed by atoms with Crippen molar-refractivity contribution >= 4 is 5.91 Å². The van der Waals surface area contributed by atoms with Crippen LogP contribution in [0.2, 0.25) is 0 Å².